The average Bonchev–Trinajstić information content (AvgIpc) is 2.35. The predicted octanol–water partition coefficient (Wildman–Crippen LogP) is 3.11. The number of hydrogen-bond donors (Lipinski definition) is 1. The first-order valence-electron chi connectivity index (χ1n) is 8.26. The van der Waals surface area contributed by atoms with Crippen molar-refractivity contribution in [3.8, 4) is 6.07 Å². The van der Waals surface area contributed by atoms with Crippen LogP contribution in [0.25, 0.3) is 0 Å². The van der Waals surface area contributed by atoms with Gasteiger partial charge in [0.2, 0.25) is 5.91 Å². The molecule has 0 heterocycles. The molecule has 0 spiro atoms. The number of carbonyl (C=O) groups is 1. The van der Waals surface area contributed by atoms with Crippen LogP contribution in [-0.2, 0) is 4.79 Å². The molecule has 4 fully saturated rings. The van der Waals surface area contributed by atoms with E-state index >= 15 is 0 Å². The van der Waals surface area contributed by atoms with E-state index in [1.807, 2.05) is 0 Å². The Morgan fingerprint density at radius 1 is 1.15 bits per heavy atom. The van der Waals surface area contributed by atoms with E-state index in [2.05, 4.69) is 25.2 Å². The Morgan fingerprint density at radius 3 is 2.15 bits per heavy atom. The molecule has 4 saturated carbocycles. The molecule has 0 aliphatic heterocycles. The van der Waals surface area contributed by atoms with Crippen molar-refractivity contribution in [3.63, 3.8) is 0 Å². The zero-order chi connectivity index (χ0) is 14.3. The minimum Gasteiger partial charge on any atom is -0.340 e. The van der Waals surface area contributed by atoms with Gasteiger partial charge < -0.3 is 5.32 Å². The van der Waals surface area contributed by atoms with Crippen LogP contribution < -0.4 is 5.32 Å². The van der Waals surface area contributed by atoms with Crippen LogP contribution in [0.4, 0.5) is 0 Å². The fourth-order valence-electron chi connectivity index (χ4n) is 5.24. The molecule has 1 N–H and O–H groups in total. The van der Waals surface area contributed by atoms with Gasteiger partial charge in [0.1, 0.15) is 6.04 Å². The molecule has 1 atom stereocenters. The van der Waals surface area contributed by atoms with Gasteiger partial charge in [0, 0.05) is 5.92 Å². The van der Waals surface area contributed by atoms with E-state index in [4.69, 9.17) is 0 Å². The van der Waals surface area contributed by atoms with Crippen LogP contribution >= 0.6 is 0 Å². The summed E-state index contributed by atoms with van der Waals surface area (Å²) in [4.78, 5) is 12.6. The molecule has 4 aliphatic carbocycles. The van der Waals surface area contributed by atoms with Gasteiger partial charge in [-0.2, -0.15) is 5.26 Å². The topological polar surface area (TPSA) is 52.9 Å². The summed E-state index contributed by atoms with van der Waals surface area (Å²) in [6.45, 7) is 4.19. The lowest BCUT2D eigenvalue weighted by molar-refractivity contribution is -0.138. The number of carbonyl (C=O) groups excluding carboxylic acids is 1. The Hall–Kier alpha value is -1.04. The van der Waals surface area contributed by atoms with Crippen LogP contribution in [0, 0.1) is 46.8 Å². The second-order valence-corrected chi connectivity index (χ2v) is 7.78. The first-order chi connectivity index (χ1) is 9.56. The van der Waals surface area contributed by atoms with Gasteiger partial charge in [0.05, 0.1) is 6.07 Å². The van der Waals surface area contributed by atoms with Crippen LogP contribution in [0.15, 0.2) is 0 Å². The summed E-state index contributed by atoms with van der Waals surface area (Å²) in [5.41, 5.74) is 0. The fourth-order valence-corrected chi connectivity index (χ4v) is 5.24. The third kappa shape index (κ3) is 2.57. The van der Waals surface area contributed by atoms with Gasteiger partial charge in [-0.25, -0.2) is 0 Å². The van der Waals surface area contributed by atoms with Crippen LogP contribution in [0.5, 0.6) is 0 Å². The molecule has 0 aromatic carbocycles. The van der Waals surface area contributed by atoms with E-state index in [1.54, 1.807) is 0 Å². The smallest absolute Gasteiger partial charge is 0.224 e. The van der Waals surface area contributed by atoms with Crippen LogP contribution in [0.1, 0.15) is 52.4 Å². The van der Waals surface area contributed by atoms with Crippen molar-refractivity contribution in [2.45, 2.75) is 58.4 Å². The Balaban J connectivity index is 1.64. The second-order valence-electron chi connectivity index (χ2n) is 7.78. The van der Waals surface area contributed by atoms with Crippen molar-refractivity contribution in [1.29, 1.82) is 5.26 Å². The fraction of sp³-hybridized carbons (Fsp3) is 0.882. The summed E-state index contributed by atoms with van der Waals surface area (Å²) in [5.74, 6) is 3.80. The highest BCUT2D eigenvalue weighted by atomic mass is 16.2. The summed E-state index contributed by atoms with van der Waals surface area (Å²) in [6.07, 6.45) is 7.20. The lowest BCUT2D eigenvalue weighted by atomic mass is 9.51. The minimum absolute atomic E-state index is 0.172. The van der Waals surface area contributed by atoms with Gasteiger partial charge in [-0.1, -0.05) is 13.8 Å². The number of nitrogens with zero attached hydrogens (tertiary/aromatic N) is 1. The van der Waals surface area contributed by atoms with Crippen molar-refractivity contribution < 1.29 is 4.79 Å². The van der Waals surface area contributed by atoms with E-state index in [0.29, 0.717) is 17.8 Å². The Morgan fingerprint density at radius 2 is 1.70 bits per heavy atom. The molecule has 4 aliphatic rings. The maximum Gasteiger partial charge on any atom is 0.224 e. The van der Waals surface area contributed by atoms with E-state index in [9.17, 15) is 10.1 Å². The Kier molecular flexibility index (Phi) is 3.75. The molecule has 0 radical (unpaired) electrons. The Labute approximate surface area is 122 Å². The van der Waals surface area contributed by atoms with E-state index in [-0.39, 0.29) is 17.9 Å². The molecule has 3 nitrogen and oxygen atoms in total. The monoisotopic (exact) mass is 274 g/mol. The minimum atomic E-state index is -0.306. The van der Waals surface area contributed by atoms with Gasteiger partial charge in [-0.3, -0.25) is 4.79 Å². The summed E-state index contributed by atoms with van der Waals surface area (Å²) >= 11 is 0. The van der Waals surface area contributed by atoms with E-state index < -0.39 is 0 Å². The molecule has 20 heavy (non-hydrogen) atoms. The highest BCUT2D eigenvalue weighted by Crippen LogP contribution is 2.56. The summed E-state index contributed by atoms with van der Waals surface area (Å²) in [5, 5.41) is 12.2. The van der Waals surface area contributed by atoms with Crippen LogP contribution in [-0.4, -0.2) is 11.9 Å². The molecule has 1 unspecified atom stereocenters. The third-order valence-electron chi connectivity index (χ3n) is 5.71. The number of rotatable bonds is 4. The molecular formula is C17H26N2O. The zero-order valence-electron chi connectivity index (χ0n) is 12.6. The molecule has 0 aromatic rings. The summed E-state index contributed by atoms with van der Waals surface area (Å²) in [7, 11) is 0. The van der Waals surface area contributed by atoms with Gasteiger partial charge in [0.15, 0.2) is 0 Å². The molecule has 1 amide bonds. The molecule has 0 aromatic heterocycles. The SMILES string of the molecule is CC(C)CC(C#N)NC(=O)C1C2CC3CC(C2)CC1C3. The molecule has 4 bridgehead atoms. The van der Waals surface area contributed by atoms with Gasteiger partial charge in [-0.05, 0) is 68.1 Å². The van der Waals surface area contributed by atoms with E-state index in [0.717, 1.165) is 18.3 Å². The first-order valence-corrected chi connectivity index (χ1v) is 8.26. The van der Waals surface area contributed by atoms with Crippen molar-refractivity contribution in [1.82, 2.24) is 5.32 Å². The van der Waals surface area contributed by atoms with Crippen molar-refractivity contribution in [3.05, 3.63) is 0 Å². The van der Waals surface area contributed by atoms with Crippen LogP contribution in [0.3, 0.4) is 0 Å². The molecule has 110 valence electrons. The van der Waals surface area contributed by atoms with Crippen molar-refractivity contribution in [2.75, 3.05) is 0 Å². The number of nitrogens with one attached hydrogen (secondary N) is 1. The highest BCUT2D eigenvalue weighted by Gasteiger charge is 2.50. The molecule has 3 heteroatoms. The van der Waals surface area contributed by atoms with Gasteiger partial charge in [-0.15, -0.1) is 0 Å². The summed E-state index contributed by atoms with van der Waals surface area (Å²) < 4.78 is 0. The Bertz CT molecular complexity index is 395. The zero-order valence-corrected chi connectivity index (χ0v) is 12.6. The summed E-state index contributed by atoms with van der Waals surface area (Å²) in [6, 6.07) is 1.95. The van der Waals surface area contributed by atoms with Crippen molar-refractivity contribution in [2.24, 2.45) is 35.5 Å². The maximum atomic E-state index is 12.6. The predicted molar refractivity (Wildman–Crippen MR) is 77.5 cm³/mol. The average molecular weight is 274 g/mol. The van der Waals surface area contributed by atoms with Gasteiger partial charge in [0.25, 0.3) is 0 Å². The number of nitriles is 1. The lowest BCUT2D eigenvalue weighted by Crippen LogP contribution is -2.52. The number of amides is 1. The van der Waals surface area contributed by atoms with E-state index in [1.165, 1.54) is 32.1 Å². The lowest BCUT2D eigenvalue weighted by Gasteiger charge is -2.53. The molecule has 0 saturated heterocycles. The van der Waals surface area contributed by atoms with Gasteiger partial charge >= 0.3 is 0 Å². The maximum absolute atomic E-state index is 12.6. The normalized spacial score (nSPS) is 39.6. The molecular weight excluding hydrogens is 248 g/mol. The number of hydrogen-bond acceptors (Lipinski definition) is 2. The quantitative estimate of drug-likeness (QED) is 0.856. The standard InChI is InChI=1S/C17H26N2O/c1-10(2)3-15(9-18)19-17(20)16-13-5-11-4-12(7-13)8-14(16)6-11/h10-16H,3-8H2,1-2H3,(H,19,20). The first kappa shape index (κ1) is 13.9. The molecule has 4 rings (SSSR count). The largest absolute Gasteiger partial charge is 0.340 e. The third-order valence-corrected chi connectivity index (χ3v) is 5.71. The van der Waals surface area contributed by atoms with Crippen LogP contribution in [0.2, 0.25) is 0 Å². The van der Waals surface area contributed by atoms with Crippen molar-refractivity contribution >= 4 is 5.91 Å². The highest BCUT2D eigenvalue weighted by molar-refractivity contribution is 5.80. The second kappa shape index (κ2) is 5.39.